The van der Waals surface area contributed by atoms with Gasteiger partial charge in [-0.3, -0.25) is 4.90 Å². The summed E-state index contributed by atoms with van der Waals surface area (Å²) >= 11 is 0. The molecule has 0 N–H and O–H groups in total. The summed E-state index contributed by atoms with van der Waals surface area (Å²) in [4.78, 5) is 16.4. The Morgan fingerprint density at radius 3 is 2.42 bits per heavy atom. The molecule has 2 saturated heterocycles. The molecule has 7 nitrogen and oxygen atoms in total. The Morgan fingerprint density at radius 1 is 1.04 bits per heavy atom. The monoisotopic (exact) mass is 361 g/mol. The van der Waals surface area contributed by atoms with Gasteiger partial charge in [0, 0.05) is 59.6 Å². The number of nitrogens with zero attached hydrogens (tertiary/aromatic N) is 5. The molecule has 26 heavy (non-hydrogen) atoms. The van der Waals surface area contributed by atoms with Crippen molar-refractivity contribution in [3.05, 3.63) is 17.5 Å². The predicted molar refractivity (Wildman–Crippen MR) is 101 cm³/mol. The van der Waals surface area contributed by atoms with Crippen molar-refractivity contribution in [1.82, 2.24) is 19.8 Å². The second kappa shape index (κ2) is 7.76. The van der Waals surface area contributed by atoms with E-state index in [1.807, 2.05) is 25.2 Å². The highest BCUT2D eigenvalue weighted by atomic mass is 16.5. The van der Waals surface area contributed by atoms with Crippen LogP contribution < -0.4 is 4.90 Å². The highest BCUT2D eigenvalue weighted by Crippen LogP contribution is 2.40. The Hall–Kier alpha value is -1.28. The summed E-state index contributed by atoms with van der Waals surface area (Å²) in [6.45, 7) is 9.10. The van der Waals surface area contributed by atoms with Gasteiger partial charge in [-0.25, -0.2) is 9.97 Å². The molecule has 4 heterocycles. The predicted octanol–water partition coefficient (Wildman–Crippen LogP) is 0.739. The summed E-state index contributed by atoms with van der Waals surface area (Å²) in [5.74, 6) is 0.781. The van der Waals surface area contributed by atoms with Crippen LogP contribution in [-0.4, -0.2) is 93.0 Å². The van der Waals surface area contributed by atoms with E-state index in [0.717, 1.165) is 90.0 Å². The van der Waals surface area contributed by atoms with Crippen molar-refractivity contribution >= 4 is 5.95 Å². The normalized spacial score (nSPS) is 23.8. The highest BCUT2D eigenvalue weighted by molar-refractivity contribution is 5.35. The number of aromatic nitrogens is 2. The molecule has 4 rings (SSSR count). The van der Waals surface area contributed by atoms with E-state index >= 15 is 0 Å². The van der Waals surface area contributed by atoms with Gasteiger partial charge in [0.2, 0.25) is 5.95 Å². The third-order valence-electron chi connectivity index (χ3n) is 5.93. The molecule has 144 valence electrons. The SMILES string of the molecule is CN(C)c1ncc2c(n1)C1(CCN(CCN3CCOCC3)CC1)OCC2. The second-order valence-corrected chi connectivity index (χ2v) is 7.83. The molecular formula is C19H31N5O2. The van der Waals surface area contributed by atoms with Gasteiger partial charge < -0.3 is 19.3 Å². The van der Waals surface area contributed by atoms with Crippen molar-refractivity contribution in [2.45, 2.75) is 24.9 Å². The number of ether oxygens (including phenoxy) is 2. The number of morpholine rings is 1. The minimum Gasteiger partial charge on any atom is -0.379 e. The number of fused-ring (bicyclic) bond motifs is 2. The topological polar surface area (TPSA) is 54.0 Å². The zero-order valence-electron chi connectivity index (χ0n) is 16.1. The maximum Gasteiger partial charge on any atom is 0.225 e. The highest BCUT2D eigenvalue weighted by Gasteiger charge is 2.42. The fourth-order valence-corrected chi connectivity index (χ4v) is 4.24. The van der Waals surface area contributed by atoms with Gasteiger partial charge in [0.1, 0.15) is 5.60 Å². The average molecular weight is 361 g/mol. The van der Waals surface area contributed by atoms with Crippen LogP contribution in [0.4, 0.5) is 5.95 Å². The van der Waals surface area contributed by atoms with Crippen molar-refractivity contribution in [3.8, 4) is 0 Å². The van der Waals surface area contributed by atoms with Gasteiger partial charge in [0.25, 0.3) is 0 Å². The first-order chi connectivity index (χ1) is 12.7. The zero-order valence-corrected chi connectivity index (χ0v) is 16.1. The third-order valence-corrected chi connectivity index (χ3v) is 5.93. The van der Waals surface area contributed by atoms with E-state index < -0.39 is 0 Å². The zero-order chi connectivity index (χ0) is 18.0. The van der Waals surface area contributed by atoms with Gasteiger partial charge >= 0.3 is 0 Å². The molecule has 0 radical (unpaired) electrons. The van der Waals surface area contributed by atoms with Crippen LogP contribution in [0.1, 0.15) is 24.1 Å². The van der Waals surface area contributed by atoms with Crippen molar-refractivity contribution in [2.75, 3.05) is 78.1 Å². The van der Waals surface area contributed by atoms with Crippen molar-refractivity contribution in [1.29, 1.82) is 0 Å². The van der Waals surface area contributed by atoms with Crippen LogP contribution in [0.15, 0.2) is 6.20 Å². The molecule has 0 saturated carbocycles. The maximum absolute atomic E-state index is 6.35. The molecule has 2 fully saturated rings. The molecule has 0 aliphatic carbocycles. The summed E-state index contributed by atoms with van der Waals surface area (Å²) in [5, 5.41) is 0. The van der Waals surface area contributed by atoms with Crippen LogP contribution in [0, 0.1) is 0 Å². The van der Waals surface area contributed by atoms with Crippen molar-refractivity contribution in [3.63, 3.8) is 0 Å². The van der Waals surface area contributed by atoms with Gasteiger partial charge in [0.15, 0.2) is 0 Å². The second-order valence-electron chi connectivity index (χ2n) is 7.83. The number of piperidine rings is 1. The van der Waals surface area contributed by atoms with E-state index in [0.29, 0.717) is 0 Å². The van der Waals surface area contributed by atoms with Crippen LogP contribution in [0.3, 0.4) is 0 Å². The quantitative estimate of drug-likeness (QED) is 0.784. The molecule has 0 unspecified atom stereocenters. The third kappa shape index (κ3) is 3.71. The van der Waals surface area contributed by atoms with Gasteiger partial charge in [-0.1, -0.05) is 0 Å². The number of hydrogen-bond acceptors (Lipinski definition) is 7. The molecule has 3 aliphatic rings. The molecule has 0 aromatic carbocycles. The first kappa shape index (κ1) is 18.1. The van der Waals surface area contributed by atoms with Gasteiger partial charge in [-0.05, 0) is 24.8 Å². The fraction of sp³-hybridized carbons (Fsp3) is 0.789. The van der Waals surface area contributed by atoms with E-state index in [1.165, 1.54) is 5.56 Å². The minimum atomic E-state index is -0.212. The molecule has 1 aromatic rings. The summed E-state index contributed by atoms with van der Waals surface area (Å²) in [6.07, 6.45) is 4.97. The molecule has 0 bridgehead atoms. The van der Waals surface area contributed by atoms with E-state index in [-0.39, 0.29) is 5.60 Å². The molecule has 0 amide bonds. The largest absolute Gasteiger partial charge is 0.379 e. The molecule has 0 atom stereocenters. The van der Waals surface area contributed by atoms with Crippen molar-refractivity contribution in [2.24, 2.45) is 0 Å². The van der Waals surface area contributed by atoms with Crippen LogP contribution in [0.2, 0.25) is 0 Å². The number of hydrogen-bond donors (Lipinski definition) is 0. The Bertz CT molecular complexity index is 610. The molecule has 1 spiro atoms. The standard InChI is InChI=1S/C19H31N5O2/c1-22(2)18-20-15-16-3-12-26-19(17(16)21-18)4-6-23(7-5-19)8-9-24-10-13-25-14-11-24/h15H,3-14H2,1-2H3. The molecule has 7 heteroatoms. The Morgan fingerprint density at radius 2 is 1.73 bits per heavy atom. The van der Waals surface area contributed by atoms with Gasteiger partial charge in [0.05, 0.1) is 25.5 Å². The number of rotatable bonds is 4. The fourth-order valence-electron chi connectivity index (χ4n) is 4.24. The minimum absolute atomic E-state index is 0.212. The van der Waals surface area contributed by atoms with Crippen LogP contribution >= 0.6 is 0 Å². The van der Waals surface area contributed by atoms with Gasteiger partial charge in [-0.15, -0.1) is 0 Å². The lowest BCUT2D eigenvalue weighted by Gasteiger charge is -2.44. The Kier molecular flexibility index (Phi) is 5.40. The van der Waals surface area contributed by atoms with Gasteiger partial charge in [-0.2, -0.15) is 0 Å². The average Bonchev–Trinajstić information content (AvgIpc) is 2.68. The van der Waals surface area contributed by atoms with E-state index in [2.05, 4.69) is 14.8 Å². The van der Waals surface area contributed by atoms with Crippen LogP contribution in [-0.2, 0) is 21.5 Å². The summed E-state index contributed by atoms with van der Waals surface area (Å²) in [7, 11) is 3.98. The maximum atomic E-state index is 6.35. The number of likely N-dealkylation sites (tertiary alicyclic amines) is 1. The Balaban J connectivity index is 1.40. The number of anilines is 1. The van der Waals surface area contributed by atoms with E-state index in [1.54, 1.807) is 0 Å². The Labute approximate surface area is 156 Å². The van der Waals surface area contributed by atoms with E-state index in [4.69, 9.17) is 14.5 Å². The van der Waals surface area contributed by atoms with Crippen molar-refractivity contribution < 1.29 is 9.47 Å². The van der Waals surface area contributed by atoms with Crippen LogP contribution in [0.5, 0.6) is 0 Å². The lowest BCUT2D eigenvalue weighted by molar-refractivity contribution is -0.102. The van der Waals surface area contributed by atoms with Crippen LogP contribution in [0.25, 0.3) is 0 Å². The molecular weight excluding hydrogens is 330 g/mol. The smallest absolute Gasteiger partial charge is 0.225 e. The summed E-state index contributed by atoms with van der Waals surface area (Å²) < 4.78 is 11.8. The summed E-state index contributed by atoms with van der Waals surface area (Å²) in [5.41, 5.74) is 2.19. The molecule has 1 aromatic heterocycles. The summed E-state index contributed by atoms with van der Waals surface area (Å²) in [6, 6.07) is 0. The van der Waals surface area contributed by atoms with E-state index in [9.17, 15) is 0 Å². The first-order valence-corrected chi connectivity index (χ1v) is 9.86. The lowest BCUT2D eigenvalue weighted by atomic mass is 9.83. The first-order valence-electron chi connectivity index (χ1n) is 9.86. The molecule has 3 aliphatic heterocycles. The lowest BCUT2D eigenvalue weighted by Crippen LogP contribution is -2.49.